The number of carbonyl (C=O) groups excluding carboxylic acids is 2. The van der Waals surface area contributed by atoms with E-state index < -0.39 is 11.7 Å². The average molecular weight is 445 g/mol. The smallest absolute Gasteiger partial charge is 0.407 e. The topological polar surface area (TPSA) is 120 Å². The van der Waals surface area contributed by atoms with Crippen molar-refractivity contribution in [3.05, 3.63) is 18.1 Å². The first kappa shape index (κ1) is 25.4. The maximum atomic E-state index is 12.8. The Morgan fingerprint density at radius 3 is 2.69 bits per heavy atom. The molecular formula is C23H36N6O3. The van der Waals surface area contributed by atoms with Gasteiger partial charge in [0, 0.05) is 31.3 Å². The molecule has 1 aliphatic carbocycles. The predicted molar refractivity (Wildman–Crippen MR) is 121 cm³/mol. The Kier molecular flexibility index (Phi) is 9.69. The third kappa shape index (κ3) is 9.08. The van der Waals surface area contributed by atoms with Gasteiger partial charge in [0.1, 0.15) is 11.7 Å². The highest BCUT2D eigenvalue weighted by atomic mass is 16.6. The number of carbonyl (C=O) groups is 2. The second-order valence-electron chi connectivity index (χ2n) is 9.45. The standard InChI is InChI=1S/C23H36N6O3/c1-17(9-8-13-26-22(31)32-23(2,3)4)16-29(20-12-14-25-19(15-24)27-20)28-21(30)18-10-6-5-7-11-18/h12,14,17-18H,5-11,13,16H2,1-4H3,(H,26,31)(H,28,30). The fourth-order valence-corrected chi connectivity index (χ4v) is 3.70. The number of ether oxygens (including phenoxy) is 1. The minimum Gasteiger partial charge on any atom is -0.444 e. The molecule has 1 atom stereocenters. The molecule has 0 aromatic carbocycles. The fourth-order valence-electron chi connectivity index (χ4n) is 3.70. The molecule has 1 unspecified atom stereocenters. The summed E-state index contributed by atoms with van der Waals surface area (Å²) in [4.78, 5) is 32.8. The molecule has 1 aromatic rings. The summed E-state index contributed by atoms with van der Waals surface area (Å²) in [5.41, 5.74) is 2.50. The SMILES string of the molecule is CC(CCCNC(=O)OC(C)(C)C)CN(NC(=O)C1CCCCC1)c1ccnc(C#N)n1. The van der Waals surface area contributed by atoms with Gasteiger partial charge >= 0.3 is 6.09 Å². The summed E-state index contributed by atoms with van der Waals surface area (Å²) in [5.74, 6) is 0.785. The van der Waals surface area contributed by atoms with Crippen molar-refractivity contribution in [2.75, 3.05) is 18.1 Å². The van der Waals surface area contributed by atoms with E-state index in [0.29, 0.717) is 18.9 Å². The molecule has 1 fully saturated rings. The van der Waals surface area contributed by atoms with Crippen LogP contribution in [0.25, 0.3) is 0 Å². The van der Waals surface area contributed by atoms with E-state index >= 15 is 0 Å². The van der Waals surface area contributed by atoms with Crippen LogP contribution in [0.4, 0.5) is 10.6 Å². The highest BCUT2D eigenvalue weighted by Crippen LogP contribution is 2.24. The van der Waals surface area contributed by atoms with Crippen LogP contribution in [0.3, 0.4) is 0 Å². The van der Waals surface area contributed by atoms with Gasteiger partial charge in [0.25, 0.3) is 0 Å². The largest absolute Gasteiger partial charge is 0.444 e. The Morgan fingerprint density at radius 2 is 2.03 bits per heavy atom. The molecule has 1 aliphatic rings. The molecule has 1 heterocycles. The number of rotatable bonds is 9. The van der Waals surface area contributed by atoms with Crippen LogP contribution in [0.5, 0.6) is 0 Å². The maximum Gasteiger partial charge on any atom is 0.407 e. The molecule has 0 saturated heterocycles. The fraction of sp³-hybridized carbons (Fsp3) is 0.696. The van der Waals surface area contributed by atoms with Crippen LogP contribution in [0.15, 0.2) is 12.3 Å². The van der Waals surface area contributed by atoms with Crippen LogP contribution >= 0.6 is 0 Å². The maximum absolute atomic E-state index is 12.8. The molecule has 1 aromatic heterocycles. The number of aromatic nitrogens is 2. The molecule has 2 N–H and O–H groups in total. The minimum atomic E-state index is -0.520. The number of hydrogen-bond donors (Lipinski definition) is 2. The van der Waals surface area contributed by atoms with E-state index in [1.165, 1.54) is 12.6 Å². The summed E-state index contributed by atoms with van der Waals surface area (Å²) >= 11 is 0. The molecule has 0 spiro atoms. The Balaban J connectivity index is 1.92. The summed E-state index contributed by atoms with van der Waals surface area (Å²) in [7, 11) is 0. The van der Waals surface area contributed by atoms with Crippen LogP contribution in [0, 0.1) is 23.2 Å². The van der Waals surface area contributed by atoms with Gasteiger partial charge in [-0.2, -0.15) is 10.2 Å². The normalized spacial score (nSPS) is 15.3. The molecule has 2 rings (SSSR count). The van der Waals surface area contributed by atoms with Gasteiger partial charge in [0.2, 0.25) is 11.7 Å². The first-order valence-electron chi connectivity index (χ1n) is 11.5. The van der Waals surface area contributed by atoms with E-state index in [-0.39, 0.29) is 23.6 Å². The van der Waals surface area contributed by atoms with Gasteiger partial charge in [-0.3, -0.25) is 15.2 Å². The van der Waals surface area contributed by atoms with Crippen LogP contribution in [-0.2, 0) is 9.53 Å². The van der Waals surface area contributed by atoms with Gasteiger partial charge in [0.15, 0.2) is 5.82 Å². The molecule has 0 radical (unpaired) electrons. The van der Waals surface area contributed by atoms with Crippen molar-refractivity contribution in [1.82, 2.24) is 20.7 Å². The number of hydrogen-bond acceptors (Lipinski definition) is 7. The zero-order chi connectivity index (χ0) is 23.6. The summed E-state index contributed by atoms with van der Waals surface area (Å²) in [6, 6.07) is 3.64. The van der Waals surface area contributed by atoms with Gasteiger partial charge in [-0.1, -0.05) is 26.2 Å². The highest BCUT2D eigenvalue weighted by molar-refractivity contribution is 5.80. The molecule has 0 bridgehead atoms. The molecule has 176 valence electrons. The first-order valence-corrected chi connectivity index (χ1v) is 11.5. The van der Waals surface area contributed by atoms with E-state index in [1.54, 1.807) is 11.1 Å². The molecule has 1 saturated carbocycles. The van der Waals surface area contributed by atoms with Crippen molar-refractivity contribution >= 4 is 17.8 Å². The number of nitrogens with zero attached hydrogens (tertiary/aromatic N) is 4. The van der Waals surface area contributed by atoms with Crippen molar-refractivity contribution < 1.29 is 14.3 Å². The number of amides is 2. The van der Waals surface area contributed by atoms with Crippen molar-refractivity contribution in [2.24, 2.45) is 11.8 Å². The lowest BCUT2D eigenvalue weighted by Crippen LogP contribution is -2.48. The lowest BCUT2D eigenvalue weighted by Gasteiger charge is -2.30. The number of anilines is 1. The van der Waals surface area contributed by atoms with Crippen molar-refractivity contribution in [3.63, 3.8) is 0 Å². The van der Waals surface area contributed by atoms with Crippen molar-refractivity contribution in [3.8, 4) is 6.07 Å². The number of nitriles is 1. The Labute approximate surface area is 190 Å². The van der Waals surface area contributed by atoms with E-state index in [0.717, 1.165) is 38.5 Å². The van der Waals surface area contributed by atoms with E-state index in [4.69, 9.17) is 10.00 Å². The second-order valence-corrected chi connectivity index (χ2v) is 9.45. The van der Waals surface area contributed by atoms with E-state index in [9.17, 15) is 9.59 Å². The van der Waals surface area contributed by atoms with Gasteiger partial charge in [-0.25, -0.2) is 9.78 Å². The zero-order valence-electron chi connectivity index (χ0n) is 19.7. The number of nitrogens with one attached hydrogen (secondary N) is 2. The number of hydrazine groups is 1. The minimum absolute atomic E-state index is 0.000567. The van der Waals surface area contributed by atoms with Gasteiger partial charge < -0.3 is 10.1 Å². The summed E-state index contributed by atoms with van der Waals surface area (Å²) in [6.07, 6.45) is 7.85. The van der Waals surface area contributed by atoms with Gasteiger partial charge in [0.05, 0.1) is 0 Å². The Morgan fingerprint density at radius 1 is 1.31 bits per heavy atom. The lowest BCUT2D eigenvalue weighted by molar-refractivity contribution is -0.126. The third-order valence-corrected chi connectivity index (χ3v) is 5.27. The monoisotopic (exact) mass is 444 g/mol. The molecule has 0 aliphatic heterocycles. The summed E-state index contributed by atoms with van der Waals surface area (Å²) in [6.45, 7) is 8.62. The van der Waals surface area contributed by atoms with Crippen LogP contribution in [0.1, 0.15) is 78.5 Å². The molecule has 2 amide bonds. The quantitative estimate of drug-likeness (QED) is 0.440. The van der Waals surface area contributed by atoms with E-state index in [2.05, 4.69) is 27.6 Å². The highest BCUT2D eigenvalue weighted by Gasteiger charge is 2.24. The average Bonchev–Trinajstić information content (AvgIpc) is 2.75. The molecule has 9 nitrogen and oxygen atoms in total. The van der Waals surface area contributed by atoms with Crippen LogP contribution in [0.2, 0.25) is 0 Å². The summed E-state index contributed by atoms with van der Waals surface area (Å²) in [5, 5.41) is 13.6. The third-order valence-electron chi connectivity index (χ3n) is 5.27. The molecule has 32 heavy (non-hydrogen) atoms. The number of alkyl carbamates (subject to hydrolysis) is 1. The van der Waals surface area contributed by atoms with Gasteiger partial charge in [-0.15, -0.1) is 0 Å². The van der Waals surface area contributed by atoms with Gasteiger partial charge in [-0.05, 0) is 52.4 Å². The molecule has 9 heteroatoms. The first-order chi connectivity index (χ1) is 15.2. The predicted octanol–water partition coefficient (Wildman–Crippen LogP) is 3.71. The Bertz CT molecular complexity index is 796. The zero-order valence-corrected chi connectivity index (χ0v) is 19.7. The summed E-state index contributed by atoms with van der Waals surface area (Å²) < 4.78 is 5.24. The van der Waals surface area contributed by atoms with Crippen molar-refractivity contribution in [2.45, 2.75) is 78.2 Å². The van der Waals surface area contributed by atoms with Crippen LogP contribution < -0.4 is 15.8 Å². The lowest BCUT2D eigenvalue weighted by atomic mass is 9.89. The van der Waals surface area contributed by atoms with E-state index in [1.807, 2.05) is 26.8 Å². The molecular weight excluding hydrogens is 408 g/mol. The van der Waals surface area contributed by atoms with Crippen molar-refractivity contribution in [1.29, 1.82) is 5.26 Å². The second kappa shape index (κ2) is 12.2. The Hall–Kier alpha value is -2.89. The van der Waals surface area contributed by atoms with Crippen LogP contribution in [-0.4, -0.2) is 40.7 Å².